The van der Waals surface area contributed by atoms with Gasteiger partial charge in [0.15, 0.2) is 0 Å². The summed E-state index contributed by atoms with van der Waals surface area (Å²) in [4.78, 5) is 1.33. The number of ether oxygens (including phenoxy) is 2. The molecule has 0 unspecified atom stereocenters. The number of thioether (sulfide) groups is 1. The van der Waals surface area contributed by atoms with Crippen molar-refractivity contribution in [2.75, 3.05) is 13.4 Å². The third-order valence-electron chi connectivity index (χ3n) is 11.1. The third-order valence-corrected chi connectivity index (χ3v) is 14.0. The van der Waals surface area contributed by atoms with Gasteiger partial charge in [0.05, 0.1) is 12.1 Å². The molecule has 0 spiro atoms. The smallest absolute Gasteiger partial charge is 0.497 e. The van der Waals surface area contributed by atoms with E-state index in [2.05, 4.69) is 49.1 Å². The molecule has 17 heteroatoms. The minimum absolute atomic E-state index is 0.171. The van der Waals surface area contributed by atoms with Crippen LogP contribution in [-0.4, -0.2) is 19.7 Å². The van der Waals surface area contributed by atoms with Gasteiger partial charge < -0.3 is 9.47 Å². The SMILES string of the molecule is COc1ccc(C)cc1.CSc1ccc(C)cc1.Cc1cc(Cl)cc(Cl)c1.Cc1ccc(Cl)cc1.Cc1ccc(Cl)cc1Cl.Cc1ccc(Cl)cc1F.Cc1ccc(F)c(Cl)c1.Cc1ccc(F)cc1.Cc1ccc(OC(F)(F)F)cc1.Cc1cccc(Cl)c1. The first-order valence-electron chi connectivity index (χ1n) is 27.2. The zero-order valence-corrected chi connectivity index (χ0v) is 58.7. The van der Waals surface area contributed by atoms with Crippen molar-refractivity contribution < 1.29 is 35.8 Å². The number of hydrogen-bond acceptors (Lipinski definition) is 3. The second-order valence-corrected chi connectivity index (χ2v) is 23.7. The van der Waals surface area contributed by atoms with Crippen molar-refractivity contribution in [2.45, 2.75) is 80.5 Å². The van der Waals surface area contributed by atoms with Crippen LogP contribution in [0.3, 0.4) is 0 Å². The highest BCUT2D eigenvalue weighted by Gasteiger charge is 2.30. The van der Waals surface area contributed by atoms with Crippen LogP contribution in [-0.2, 0) is 0 Å². The second kappa shape index (κ2) is 45.3. The molecule has 0 N–H and O–H groups in total. The van der Waals surface area contributed by atoms with E-state index in [1.165, 1.54) is 63.5 Å². The third kappa shape index (κ3) is 41.4. The molecule has 0 aliphatic heterocycles. The number of halogens is 14. The minimum Gasteiger partial charge on any atom is -0.497 e. The zero-order chi connectivity index (χ0) is 67.9. The number of benzene rings is 10. The van der Waals surface area contributed by atoms with E-state index in [0.29, 0.717) is 25.7 Å². The van der Waals surface area contributed by atoms with Gasteiger partial charge in [0.2, 0.25) is 0 Å². The van der Waals surface area contributed by atoms with Gasteiger partial charge in [0.25, 0.3) is 0 Å². The molecule has 0 aliphatic rings. The maximum atomic E-state index is 12.5. The predicted octanol–water partition coefficient (Wildman–Crippen LogP) is 27.2. The zero-order valence-electron chi connectivity index (χ0n) is 51.8. The van der Waals surface area contributed by atoms with E-state index < -0.39 is 6.36 Å². The molecule has 0 saturated heterocycles. The second-order valence-electron chi connectivity index (χ2n) is 19.4. The topological polar surface area (TPSA) is 18.5 Å². The lowest BCUT2D eigenvalue weighted by atomic mass is 10.2. The summed E-state index contributed by atoms with van der Waals surface area (Å²) in [7, 11) is 1.67. The van der Waals surface area contributed by atoms with Crippen LogP contribution in [0.25, 0.3) is 0 Å². The molecule has 10 aromatic rings. The molecule has 0 radical (unpaired) electrons. The lowest BCUT2D eigenvalue weighted by Gasteiger charge is -2.08. The summed E-state index contributed by atoms with van der Waals surface area (Å²) in [5, 5.41) is 5.04. The fourth-order valence-electron chi connectivity index (χ4n) is 6.19. The van der Waals surface area contributed by atoms with Crippen molar-refractivity contribution in [1.29, 1.82) is 0 Å². The first-order chi connectivity index (χ1) is 42.3. The molecule has 0 aliphatic carbocycles. The number of rotatable bonds is 3. The molecule has 0 saturated carbocycles. The Kier molecular flexibility index (Phi) is 41.3. The van der Waals surface area contributed by atoms with E-state index >= 15 is 0 Å². The Hall–Kier alpha value is -5.95. The summed E-state index contributed by atoms with van der Waals surface area (Å²) >= 11 is 46.6. The van der Waals surface area contributed by atoms with E-state index in [0.717, 1.165) is 48.6 Å². The molecule has 0 aromatic heterocycles. The van der Waals surface area contributed by atoms with Crippen LogP contribution in [0.2, 0.25) is 40.2 Å². The minimum atomic E-state index is -4.60. The number of methoxy groups -OCH3 is 1. The molecule has 0 bridgehead atoms. The van der Waals surface area contributed by atoms with Gasteiger partial charge in [-0.2, -0.15) is 0 Å². The molecule has 0 amide bonds. The lowest BCUT2D eigenvalue weighted by Crippen LogP contribution is -2.16. The summed E-state index contributed by atoms with van der Waals surface area (Å²) in [6.07, 6.45) is -2.51. The highest BCUT2D eigenvalue weighted by atomic mass is 35.5. The van der Waals surface area contributed by atoms with Crippen LogP contribution in [0.4, 0.5) is 26.3 Å². The quantitative estimate of drug-likeness (QED) is 0.130. The van der Waals surface area contributed by atoms with Crippen molar-refractivity contribution in [2.24, 2.45) is 0 Å². The van der Waals surface area contributed by atoms with Gasteiger partial charge in [0, 0.05) is 40.1 Å². The molecule has 480 valence electrons. The number of hydrogen-bond donors (Lipinski definition) is 0. The monoisotopic (exact) mass is 1410 g/mol. The van der Waals surface area contributed by atoms with Gasteiger partial charge in [-0.1, -0.05) is 212 Å². The van der Waals surface area contributed by atoms with Gasteiger partial charge in [-0.3, -0.25) is 0 Å². The Morgan fingerprint density at radius 1 is 0.322 bits per heavy atom. The van der Waals surface area contributed by atoms with E-state index in [-0.39, 0.29) is 28.2 Å². The highest BCUT2D eigenvalue weighted by Crippen LogP contribution is 2.24. The summed E-state index contributed by atoms with van der Waals surface area (Å²) in [6.45, 7) is 19.4. The van der Waals surface area contributed by atoms with Gasteiger partial charge in [0.1, 0.15) is 29.0 Å². The van der Waals surface area contributed by atoms with Crippen molar-refractivity contribution in [3.63, 3.8) is 0 Å². The van der Waals surface area contributed by atoms with Crippen molar-refractivity contribution in [3.05, 3.63) is 332 Å². The normalized spacial score (nSPS) is 9.71. The van der Waals surface area contributed by atoms with E-state index in [9.17, 15) is 26.3 Å². The fraction of sp³-hybridized carbons (Fsp3) is 0.178. The van der Waals surface area contributed by atoms with Crippen LogP contribution in [0, 0.1) is 86.7 Å². The number of alkyl halides is 3. The van der Waals surface area contributed by atoms with Crippen LogP contribution in [0.1, 0.15) is 55.6 Å². The van der Waals surface area contributed by atoms with Gasteiger partial charge in [-0.15, -0.1) is 24.9 Å². The maximum Gasteiger partial charge on any atom is 0.573 e. The van der Waals surface area contributed by atoms with Crippen molar-refractivity contribution in [3.8, 4) is 11.5 Å². The standard InChI is InChI=1S/C8H7F3O.C8H10O.C8H10S.2C7H6Cl2.2C7H6ClF.2C7H7Cl.C7H7F/c1-6-2-4-7(5-3-6)12-8(9,10)11;2*1-7-3-5-8(9-2)6-4-7;1-5-2-6(8)4-7(9)3-5;2*1-5-2-3-6(8)4-7(5)9;1-5-2-3-7(9)6(8)4-5;1-6-2-4-7(8)5-3-6;1-6-3-2-4-7(8)5-6;1-6-2-4-7(8)5-3-6/h2-5H,1H3;2*3-6H,1-2H3;4*2-4H,1H3;3*2-5H,1H3. The predicted molar refractivity (Wildman–Crippen MR) is 377 cm³/mol. The highest BCUT2D eigenvalue weighted by molar-refractivity contribution is 7.98. The molecule has 0 heterocycles. The van der Waals surface area contributed by atoms with Gasteiger partial charge in [-0.05, 0) is 231 Å². The number of aryl methyl sites for hydroxylation is 10. The van der Waals surface area contributed by atoms with Crippen LogP contribution in [0.15, 0.2) is 223 Å². The molecule has 0 fully saturated rings. The Bertz CT molecular complexity index is 3280. The summed E-state index contributed by atoms with van der Waals surface area (Å²) in [5.74, 6) is -0.0472. The Labute approximate surface area is 573 Å². The van der Waals surface area contributed by atoms with Gasteiger partial charge >= 0.3 is 6.36 Å². The molecular weight excluding hydrogens is 1340 g/mol. The van der Waals surface area contributed by atoms with E-state index in [1.54, 1.807) is 93.4 Å². The average molecular weight is 1410 g/mol. The molecule has 2 nitrogen and oxygen atoms in total. The van der Waals surface area contributed by atoms with Crippen LogP contribution < -0.4 is 9.47 Å². The molecule has 10 aromatic carbocycles. The average Bonchev–Trinajstić information content (AvgIpc) is 3.62. The van der Waals surface area contributed by atoms with Crippen molar-refractivity contribution in [1.82, 2.24) is 0 Å². The van der Waals surface area contributed by atoms with Crippen LogP contribution in [0.5, 0.6) is 11.5 Å². The van der Waals surface area contributed by atoms with E-state index in [4.69, 9.17) is 97.5 Å². The largest absolute Gasteiger partial charge is 0.573 e. The van der Waals surface area contributed by atoms with E-state index in [1.807, 2.05) is 139 Å². The summed E-state index contributed by atoms with van der Waals surface area (Å²) in [5.41, 5.74) is 10.8. The Balaban J connectivity index is 0.000000501. The van der Waals surface area contributed by atoms with Crippen LogP contribution >= 0.6 is 105 Å². The summed E-state index contributed by atoms with van der Waals surface area (Å²) < 4.78 is 80.4. The molecule has 90 heavy (non-hydrogen) atoms. The maximum absolute atomic E-state index is 12.5. The first-order valence-corrected chi connectivity index (χ1v) is 31.4. The Morgan fingerprint density at radius 3 is 1.06 bits per heavy atom. The Morgan fingerprint density at radius 2 is 0.711 bits per heavy atom. The fourth-order valence-corrected chi connectivity index (χ4v) is 8.40. The summed E-state index contributed by atoms with van der Waals surface area (Å²) in [6, 6.07) is 64.2. The molecular formula is C73H72Cl8F6O2S. The van der Waals surface area contributed by atoms with Crippen molar-refractivity contribution >= 4 is 105 Å². The first kappa shape index (κ1) is 82.1. The van der Waals surface area contributed by atoms with Gasteiger partial charge in [-0.25, -0.2) is 13.2 Å². The lowest BCUT2D eigenvalue weighted by molar-refractivity contribution is -0.274. The molecule has 10 rings (SSSR count). The molecule has 0 atom stereocenters.